The summed E-state index contributed by atoms with van der Waals surface area (Å²) in [6.07, 6.45) is 14.4. The van der Waals surface area contributed by atoms with Gasteiger partial charge in [-0.15, -0.1) is 0 Å². The molecule has 1 saturated heterocycles. The molecule has 0 spiro atoms. The van der Waals surface area contributed by atoms with Gasteiger partial charge in [-0.05, 0) is 43.7 Å². The normalized spacial score (nSPS) is 23.9. The van der Waals surface area contributed by atoms with Crippen molar-refractivity contribution in [1.82, 2.24) is 0 Å². The van der Waals surface area contributed by atoms with E-state index < -0.39 is 5.79 Å². The number of rotatable bonds is 6. The number of benzene rings is 1. The average Bonchev–Trinajstić information content (AvgIpc) is 2.83. The van der Waals surface area contributed by atoms with Gasteiger partial charge in [0.25, 0.3) is 0 Å². The SMILES string of the molecule is CCC1=C(C=C(C)CC2(c3ccc(C4=CCCCC4=O)cc3)OCCCO2)C(C)(C)C=CC1(C)C. The Morgan fingerprint density at radius 3 is 2.26 bits per heavy atom. The third-order valence-corrected chi connectivity index (χ3v) is 7.82. The molecule has 1 aromatic rings. The van der Waals surface area contributed by atoms with Crippen LogP contribution in [0, 0.1) is 10.8 Å². The van der Waals surface area contributed by atoms with Gasteiger partial charge in [-0.3, -0.25) is 4.79 Å². The van der Waals surface area contributed by atoms with Gasteiger partial charge in [-0.2, -0.15) is 0 Å². The van der Waals surface area contributed by atoms with Crippen molar-refractivity contribution >= 4 is 11.4 Å². The molecule has 0 N–H and O–H groups in total. The molecular formula is C32H42O3. The number of allylic oxidation sites excluding steroid dienone is 7. The summed E-state index contributed by atoms with van der Waals surface area (Å²) in [5.74, 6) is -0.547. The van der Waals surface area contributed by atoms with Gasteiger partial charge in [-0.1, -0.05) is 94.3 Å². The third kappa shape index (κ3) is 5.32. The second kappa shape index (κ2) is 10.0. The van der Waals surface area contributed by atoms with E-state index in [9.17, 15) is 4.79 Å². The monoisotopic (exact) mass is 474 g/mol. The highest BCUT2D eigenvalue weighted by Crippen LogP contribution is 2.47. The predicted octanol–water partition coefficient (Wildman–Crippen LogP) is 8.08. The Bertz CT molecular complexity index is 1070. The molecule has 1 aromatic carbocycles. The summed E-state index contributed by atoms with van der Waals surface area (Å²) in [4.78, 5) is 12.4. The predicted molar refractivity (Wildman–Crippen MR) is 144 cm³/mol. The highest BCUT2D eigenvalue weighted by molar-refractivity contribution is 6.21. The maximum absolute atomic E-state index is 12.4. The molecular weight excluding hydrogens is 432 g/mol. The Kier molecular flexibility index (Phi) is 7.41. The molecule has 0 bridgehead atoms. The molecule has 0 unspecified atom stereocenters. The number of hydrogen-bond donors (Lipinski definition) is 0. The Labute approximate surface area is 212 Å². The van der Waals surface area contributed by atoms with Gasteiger partial charge in [0.1, 0.15) is 0 Å². The molecule has 3 heteroatoms. The fraction of sp³-hybridized carbons (Fsp3) is 0.531. The van der Waals surface area contributed by atoms with Gasteiger partial charge in [0, 0.05) is 34.8 Å². The summed E-state index contributed by atoms with van der Waals surface area (Å²) in [6.45, 7) is 15.1. The molecule has 1 heterocycles. The van der Waals surface area contributed by atoms with Crippen LogP contribution in [0.3, 0.4) is 0 Å². The lowest BCUT2D eigenvalue weighted by Crippen LogP contribution is -2.38. The van der Waals surface area contributed by atoms with E-state index in [1.165, 1.54) is 16.7 Å². The minimum absolute atomic E-state index is 0.00846. The van der Waals surface area contributed by atoms with E-state index in [0.29, 0.717) is 26.1 Å². The molecule has 0 aromatic heterocycles. The third-order valence-electron chi connectivity index (χ3n) is 7.82. The van der Waals surface area contributed by atoms with Crippen LogP contribution in [0.1, 0.15) is 91.2 Å². The zero-order valence-electron chi connectivity index (χ0n) is 22.5. The van der Waals surface area contributed by atoms with Crippen molar-refractivity contribution in [3.05, 3.63) is 76.4 Å². The molecule has 35 heavy (non-hydrogen) atoms. The Morgan fingerprint density at radius 2 is 1.63 bits per heavy atom. The summed E-state index contributed by atoms with van der Waals surface area (Å²) in [5.41, 5.74) is 7.08. The van der Waals surface area contributed by atoms with Crippen molar-refractivity contribution in [3.8, 4) is 0 Å². The number of hydrogen-bond acceptors (Lipinski definition) is 3. The Hall–Kier alpha value is -2.23. The minimum Gasteiger partial charge on any atom is -0.345 e. The average molecular weight is 475 g/mol. The van der Waals surface area contributed by atoms with Crippen LogP contribution in [0.25, 0.3) is 5.57 Å². The van der Waals surface area contributed by atoms with Crippen LogP contribution in [0.2, 0.25) is 0 Å². The minimum atomic E-state index is -0.792. The van der Waals surface area contributed by atoms with E-state index in [0.717, 1.165) is 42.4 Å². The van der Waals surface area contributed by atoms with E-state index in [4.69, 9.17) is 9.47 Å². The first-order chi connectivity index (χ1) is 16.6. The zero-order valence-corrected chi connectivity index (χ0v) is 22.5. The van der Waals surface area contributed by atoms with Crippen molar-refractivity contribution in [2.45, 2.75) is 85.9 Å². The summed E-state index contributed by atoms with van der Waals surface area (Å²) in [5, 5.41) is 0. The van der Waals surface area contributed by atoms with Gasteiger partial charge in [0.2, 0.25) is 0 Å². The van der Waals surface area contributed by atoms with Crippen LogP contribution in [0.15, 0.2) is 65.3 Å². The van der Waals surface area contributed by atoms with Crippen LogP contribution in [-0.2, 0) is 20.1 Å². The van der Waals surface area contributed by atoms with E-state index in [1.54, 1.807) is 0 Å². The molecule has 3 nitrogen and oxygen atoms in total. The Morgan fingerprint density at radius 1 is 0.971 bits per heavy atom. The lowest BCUT2D eigenvalue weighted by Gasteiger charge is -2.40. The highest BCUT2D eigenvalue weighted by atomic mass is 16.7. The van der Waals surface area contributed by atoms with E-state index in [2.05, 4.69) is 90.1 Å². The van der Waals surface area contributed by atoms with Crippen LogP contribution >= 0.6 is 0 Å². The molecule has 0 amide bonds. The van der Waals surface area contributed by atoms with Crippen molar-refractivity contribution in [3.63, 3.8) is 0 Å². The quantitative estimate of drug-likeness (QED) is 0.391. The summed E-state index contributed by atoms with van der Waals surface area (Å²) < 4.78 is 12.8. The molecule has 1 fully saturated rings. The maximum atomic E-state index is 12.4. The molecule has 0 atom stereocenters. The molecule has 2 aliphatic carbocycles. The molecule has 3 aliphatic rings. The second-order valence-corrected chi connectivity index (χ2v) is 11.5. The first-order valence-corrected chi connectivity index (χ1v) is 13.3. The van der Waals surface area contributed by atoms with Crippen molar-refractivity contribution < 1.29 is 14.3 Å². The van der Waals surface area contributed by atoms with E-state index in [-0.39, 0.29) is 16.6 Å². The van der Waals surface area contributed by atoms with Crippen molar-refractivity contribution in [2.24, 2.45) is 10.8 Å². The molecule has 0 radical (unpaired) electrons. The van der Waals surface area contributed by atoms with Crippen LogP contribution in [-0.4, -0.2) is 19.0 Å². The second-order valence-electron chi connectivity index (χ2n) is 11.5. The number of ether oxygens (including phenoxy) is 2. The fourth-order valence-electron chi connectivity index (χ4n) is 5.81. The summed E-state index contributed by atoms with van der Waals surface area (Å²) in [7, 11) is 0. The zero-order chi connectivity index (χ0) is 25.3. The molecule has 4 rings (SSSR count). The van der Waals surface area contributed by atoms with Crippen molar-refractivity contribution in [2.75, 3.05) is 13.2 Å². The van der Waals surface area contributed by atoms with Gasteiger partial charge >= 0.3 is 0 Å². The topological polar surface area (TPSA) is 35.5 Å². The van der Waals surface area contributed by atoms with Gasteiger partial charge in [-0.25, -0.2) is 0 Å². The number of Topliss-reactive ketones (excluding diaryl/α,β-unsaturated/α-hetero) is 1. The van der Waals surface area contributed by atoms with Crippen LogP contribution in [0.5, 0.6) is 0 Å². The van der Waals surface area contributed by atoms with Gasteiger partial charge in [0.05, 0.1) is 13.2 Å². The number of carbonyl (C=O) groups is 1. The standard InChI is InChI=1S/C32H42O3/c1-7-27-28(31(5,6)18-17-30(27,3)4)21-23(2)22-32(34-19-10-20-35-32)25-15-13-24(14-16-25)26-11-8-9-12-29(26)33/h11,13-18,21H,7-10,12,19-20,22H2,1-6H3. The van der Waals surface area contributed by atoms with Crippen molar-refractivity contribution in [1.29, 1.82) is 0 Å². The van der Waals surface area contributed by atoms with Gasteiger partial charge < -0.3 is 9.47 Å². The van der Waals surface area contributed by atoms with E-state index in [1.807, 2.05) is 0 Å². The summed E-state index contributed by atoms with van der Waals surface area (Å²) in [6, 6.07) is 8.29. The lowest BCUT2D eigenvalue weighted by molar-refractivity contribution is -0.275. The largest absolute Gasteiger partial charge is 0.345 e. The molecule has 0 saturated carbocycles. The molecule has 188 valence electrons. The summed E-state index contributed by atoms with van der Waals surface area (Å²) >= 11 is 0. The van der Waals surface area contributed by atoms with Crippen LogP contribution in [0.4, 0.5) is 0 Å². The first-order valence-electron chi connectivity index (χ1n) is 13.3. The molecule has 1 aliphatic heterocycles. The first kappa shape index (κ1) is 25.9. The number of ketones is 1. The maximum Gasteiger partial charge on any atom is 0.198 e. The lowest BCUT2D eigenvalue weighted by atomic mass is 9.66. The fourth-order valence-corrected chi connectivity index (χ4v) is 5.81. The highest BCUT2D eigenvalue weighted by Gasteiger charge is 2.38. The smallest absolute Gasteiger partial charge is 0.198 e. The van der Waals surface area contributed by atoms with E-state index >= 15 is 0 Å². The number of carbonyl (C=O) groups excluding carboxylic acids is 1. The van der Waals surface area contributed by atoms with Crippen LogP contribution < -0.4 is 0 Å². The van der Waals surface area contributed by atoms with Gasteiger partial charge in [0.15, 0.2) is 11.6 Å². The Balaban J connectivity index is 1.66.